The first-order valence-corrected chi connectivity index (χ1v) is 7.92. The lowest BCUT2D eigenvalue weighted by atomic mass is 9.89. The fraction of sp³-hybridized carbons (Fsp3) is 0.867. The first kappa shape index (κ1) is 13.7. The number of likely N-dealkylation sites (tertiary alicyclic amines) is 1. The van der Waals surface area contributed by atoms with Gasteiger partial charge in [-0.05, 0) is 56.3 Å². The number of fused-ring (bicyclic) bond motifs is 2. The molecule has 3 aliphatic rings. The molecule has 0 radical (unpaired) electrons. The summed E-state index contributed by atoms with van der Waals surface area (Å²) >= 11 is 0. The maximum Gasteiger partial charge on any atom is 0.326 e. The molecule has 20 heavy (non-hydrogen) atoms. The number of rotatable bonds is 3. The highest BCUT2D eigenvalue weighted by molar-refractivity contribution is 5.82. The van der Waals surface area contributed by atoms with E-state index in [1.807, 2.05) is 0 Å². The molecule has 0 spiro atoms. The lowest BCUT2D eigenvalue weighted by Crippen LogP contribution is -2.52. The molecular weight excluding hydrogens is 256 g/mol. The highest BCUT2D eigenvalue weighted by Crippen LogP contribution is 2.47. The molecule has 3 rings (SSSR count). The topological polar surface area (TPSA) is 69.6 Å². The van der Waals surface area contributed by atoms with Crippen LogP contribution in [0.25, 0.3) is 0 Å². The molecule has 4 unspecified atom stereocenters. The maximum absolute atomic E-state index is 12.2. The summed E-state index contributed by atoms with van der Waals surface area (Å²) in [5.41, 5.74) is 0. The normalized spacial score (nSPS) is 36.1. The van der Waals surface area contributed by atoms with Crippen LogP contribution < -0.4 is 5.32 Å². The summed E-state index contributed by atoms with van der Waals surface area (Å²) in [7, 11) is 0. The minimum atomic E-state index is -0.875. The Labute approximate surface area is 119 Å². The number of carboxylic acids is 1. The van der Waals surface area contributed by atoms with Crippen molar-refractivity contribution in [1.29, 1.82) is 0 Å². The van der Waals surface area contributed by atoms with Crippen molar-refractivity contribution >= 4 is 12.0 Å². The summed E-state index contributed by atoms with van der Waals surface area (Å²) in [4.78, 5) is 25.0. The maximum atomic E-state index is 12.2. The molecule has 2 bridgehead atoms. The predicted octanol–water partition coefficient (Wildman–Crippen LogP) is 2.07. The average Bonchev–Trinajstić information content (AvgIpc) is 3.07. The smallest absolute Gasteiger partial charge is 0.326 e. The lowest BCUT2D eigenvalue weighted by Gasteiger charge is -2.33. The molecule has 5 heteroatoms. The van der Waals surface area contributed by atoms with Crippen LogP contribution in [0.1, 0.15) is 44.9 Å². The second-order valence-corrected chi connectivity index (χ2v) is 6.66. The quantitative estimate of drug-likeness (QED) is 0.831. The molecule has 0 aromatic rings. The first-order chi connectivity index (χ1) is 9.65. The molecule has 2 amide bonds. The van der Waals surface area contributed by atoms with E-state index >= 15 is 0 Å². The SMILES string of the molecule is O=C(O)C1CCCCN1C(=O)NCC1CC2CCC1C2. The predicted molar refractivity (Wildman–Crippen MR) is 74.3 cm³/mol. The second kappa shape index (κ2) is 5.62. The zero-order valence-corrected chi connectivity index (χ0v) is 11.9. The Kier molecular flexibility index (Phi) is 3.85. The molecule has 112 valence electrons. The molecule has 1 heterocycles. The monoisotopic (exact) mass is 280 g/mol. The number of carbonyl (C=O) groups excluding carboxylic acids is 1. The van der Waals surface area contributed by atoms with E-state index in [1.165, 1.54) is 30.6 Å². The van der Waals surface area contributed by atoms with Crippen molar-refractivity contribution in [1.82, 2.24) is 10.2 Å². The number of urea groups is 1. The van der Waals surface area contributed by atoms with Crippen molar-refractivity contribution in [2.75, 3.05) is 13.1 Å². The summed E-state index contributed by atoms with van der Waals surface area (Å²) in [6.07, 6.45) is 7.64. The van der Waals surface area contributed by atoms with E-state index in [0.717, 1.165) is 31.2 Å². The third-order valence-electron chi connectivity index (χ3n) is 5.45. The average molecular weight is 280 g/mol. The molecule has 5 nitrogen and oxygen atoms in total. The molecule has 2 aliphatic carbocycles. The Morgan fingerprint density at radius 1 is 1.15 bits per heavy atom. The molecule has 1 saturated heterocycles. The minimum absolute atomic E-state index is 0.181. The largest absolute Gasteiger partial charge is 0.480 e. The highest BCUT2D eigenvalue weighted by atomic mass is 16.4. The van der Waals surface area contributed by atoms with Crippen LogP contribution in [0.4, 0.5) is 4.79 Å². The van der Waals surface area contributed by atoms with Gasteiger partial charge in [0.05, 0.1) is 0 Å². The van der Waals surface area contributed by atoms with Crippen LogP contribution in [0.5, 0.6) is 0 Å². The van der Waals surface area contributed by atoms with Gasteiger partial charge in [0.15, 0.2) is 0 Å². The van der Waals surface area contributed by atoms with Crippen LogP contribution >= 0.6 is 0 Å². The summed E-state index contributed by atoms with van der Waals surface area (Å²) in [5, 5.41) is 12.2. The Bertz CT molecular complexity index is 399. The van der Waals surface area contributed by atoms with Gasteiger partial charge in [0.25, 0.3) is 0 Å². The van der Waals surface area contributed by atoms with Crippen molar-refractivity contribution in [2.24, 2.45) is 17.8 Å². The number of hydrogen-bond donors (Lipinski definition) is 2. The van der Waals surface area contributed by atoms with E-state index in [-0.39, 0.29) is 6.03 Å². The summed E-state index contributed by atoms with van der Waals surface area (Å²) < 4.78 is 0. The van der Waals surface area contributed by atoms with Gasteiger partial charge in [0.1, 0.15) is 6.04 Å². The molecular formula is C15H24N2O3. The number of aliphatic carboxylic acids is 1. The Hall–Kier alpha value is -1.26. The van der Waals surface area contributed by atoms with Crippen molar-refractivity contribution in [3.63, 3.8) is 0 Å². The van der Waals surface area contributed by atoms with Gasteiger partial charge in [-0.3, -0.25) is 0 Å². The standard InChI is InChI=1S/C15H24N2O3/c18-14(19)13-3-1-2-6-17(13)15(20)16-9-12-8-10-4-5-11(12)7-10/h10-13H,1-9H2,(H,16,20)(H,18,19). The van der Waals surface area contributed by atoms with Gasteiger partial charge in [0.2, 0.25) is 0 Å². The number of piperidine rings is 1. The zero-order chi connectivity index (χ0) is 14.1. The van der Waals surface area contributed by atoms with Crippen molar-refractivity contribution in [2.45, 2.75) is 51.0 Å². The van der Waals surface area contributed by atoms with Gasteiger partial charge >= 0.3 is 12.0 Å². The van der Waals surface area contributed by atoms with Crippen LogP contribution in [0.15, 0.2) is 0 Å². The Balaban J connectivity index is 1.51. The molecule has 1 aliphatic heterocycles. The fourth-order valence-electron chi connectivity index (χ4n) is 4.38. The minimum Gasteiger partial charge on any atom is -0.480 e. The second-order valence-electron chi connectivity index (χ2n) is 6.66. The highest BCUT2D eigenvalue weighted by Gasteiger charge is 2.40. The van der Waals surface area contributed by atoms with E-state index in [0.29, 0.717) is 18.9 Å². The number of hydrogen-bond acceptors (Lipinski definition) is 2. The third-order valence-corrected chi connectivity index (χ3v) is 5.45. The van der Waals surface area contributed by atoms with Crippen LogP contribution in [-0.4, -0.2) is 41.1 Å². The summed E-state index contributed by atoms with van der Waals surface area (Å²) in [6, 6.07) is -0.816. The van der Waals surface area contributed by atoms with E-state index in [2.05, 4.69) is 5.32 Å². The summed E-state index contributed by atoms with van der Waals surface area (Å²) in [5.74, 6) is 1.41. The number of carboxylic acid groups (broad SMARTS) is 1. The Morgan fingerprint density at radius 2 is 2.00 bits per heavy atom. The zero-order valence-electron chi connectivity index (χ0n) is 11.9. The number of carbonyl (C=O) groups is 2. The lowest BCUT2D eigenvalue weighted by molar-refractivity contribution is -0.143. The van der Waals surface area contributed by atoms with E-state index in [4.69, 9.17) is 0 Å². The molecule has 2 saturated carbocycles. The van der Waals surface area contributed by atoms with Gasteiger partial charge in [-0.25, -0.2) is 9.59 Å². The number of nitrogens with zero attached hydrogens (tertiary/aromatic N) is 1. The Morgan fingerprint density at radius 3 is 2.65 bits per heavy atom. The molecule has 4 atom stereocenters. The fourth-order valence-corrected chi connectivity index (χ4v) is 4.38. The first-order valence-electron chi connectivity index (χ1n) is 7.92. The van der Waals surface area contributed by atoms with E-state index < -0.39 is 12.0 Å². The number of amides is 2. The van der Waals surface area contributed by atoms with Crippen molar-refractivity contribution in [3.8, 4) is 0 Å². The van der Waals surface area contributed by atoms with Crippen LogP contribution in [0.3, 0.4) is 0 Å². The van der Waals surface area contributed by atoms with E-state index in [9.17, 15) is 14.7 Å². The van der Waals surface area contributed by atoms with Gasteiger partial charge in [-0.2, -0.15) is 0 Å². The van der Waals surface area contributed by atoms with Crippen molar-refractivity contribution < 1.29 is 14.7 Å². The third kappa shape index (κ3) is 2.63. The van der Waals surface area contributed by atoms with Crippen LogP contribution in [0, 0.1) is 17.8 Å². The summed E-state index contributed by atoms with van der Waals surface area (Å²) in [6.45, 7) is 1.29. The number of nitrogens with one attached hydrogen (secondary N) is 1. The molecule has 0 aromatic heterocycles. The van der Waals surface area contributed by atoms with Crippen molar-refractivity contribution in [3.05, 3.63) is 0 Å². The molecule has 3 fully saturated rings. The van der Waals surface area contributed by atoms with Gasteiger partial charge in [-0.1, -0.05) is 6.42 Å². The molecule has 2 N–H and O–H groups in total. The van der Waals surface area contributed by atoms with Gasteiger partial charge < -0.3 is 15.3 Å². The van der Waals surface area contributed by atoms with E-state index in [1.54, 1.807) is 0 Å². The van der Waals surface area contributed by atoms with Gasteiger partial charge in [0, 0.05) is 13.1 Å². The van der Waals surface area contributed by atoms with Crippen LogP contribution in [-0.2, 0) is 4.79 Å². The van der Waals surface area contributed by atoms with Gasteiger partial charge in [-0.15, -0.1) is 0 Å². The molecule has 0 aromatic carbocycles. The van der Waals surface area contributed by atoms with Crippen LogP contribution in [0.2, 0.25) is 0 Å².